The minimum absolute atomic E-state index is 0.0668. The molecule has 2 aromatic rings. The van der Waals surface area contributed by atoms with Crippen LogP contribution in [0, 0.1) is 5.82 Å². The van der Waals surface area contributed by atoms with Crippen LogP contribution in [0.15, 0.2) is 30.3 Å². The summed E-state index contributed by atoms with van der Waals surface area (Å²) < 4.78 is 18.7. The first-order valence-corrected chi connectivity index (χ1v) is 9.73. The Morgan fingerprint density at radius 3 is 2.46 bits per heavy atom. The zero-order valence-corrected chi connectivity index (χ0v) is 17.0. The van der Waals surface area contributed by atoms with Crippen LogP contribution in [0.25, 0.3) is 0 Å². The van der Waals surface area contributed by atoms with Gasteiger partial charge in [-0.3, -0.25) is 9.69 Å². The number of ether oxygens (including phenoxy) is 1. The van der Waals surface area contributed by atoms with Gasteiger partial charge < -0.3 is 15.2 Å². The Hall–Kier alpha value is -1.57. The van der Waals surface area contributed by atoms with Gasteiger partial charge in [-0.25, -0.2) is 4.39 Å². The predicted octanol–water partition coefficient (Wildman–Crippen LogP) is 4.29. The second-order valence-corrected chi connectivity index (χ2v) is 7.50. The maximum atomic E-state index is 13.3. The van der Waals surface area contributed by atoms with Crippen molar-refractivity contribution in [2.75, 3.05) is 32.8 Å². The lowest BCUT2D eigenvalue weighted by Crippen LogP contribution is -2.43. The van der Waals surface area contributed by atoms with E-state index in [0.717, 1.165) is 5.56 Å². The summed E-state index contributed by atoms with van der Waals surface area (Å²) in [4.78, 5) is 14.8. The highest BCUT2D eigenvalue weighted by atomic mass is 35.5. The van der Waals surface area contributed by atoms with Crippen molar-refractivity contribution in [3.8, 4) is 5.75 Å². The van der Waals surface area contributed by atoms with E-state index in [9.17, 15) is 14.3 Å². The Bertz CT molecular complexity index is 832. The topological polar surface area (TPSA) is 61.8 Å². The maximum Gasteiger partial charge on any atom is 0.256 e. The third-order valence-electron chi connectivity index (χ3n) is 4.57. The molecule has 3 rings (SSSR count). The molecule has 0 saturated carbocycles. The number of rotatable bonds is 5. The van der Waals surface area contributed by atoms with Gasteiger partial charge in [0.05, 0.1) is 34.3 Å². The molecule has 0 spiro atoms. The third kappa shape index (κ3) is 4.70. The number of nitrogens with zero attached hydrogens (tertiary/aromatic N) is 1. The highest BCUT2D eigenvalue weighted by Gasteiger charge is 2.26. The van der Waals surface area contributed by atoms with Crippen LogP contribution in [0.1, 0.15) is 22.0 Å². The first-order chi connectivity index (χ1) is 13.4. The summed E-state index contributed by atoms with van der Waals surface area (Å²) in [5.41, 5.74) is 0.669. The monoisotopic (exact) mass is 446 g/mol. The van der Waals surface area contributed by atoms with E-state index in [1.807, 2.05) is 0 Å². The van der Waals surface area contributed by atoms with Crippen molar-refractivity contribution >= 4 is 40.7 Å². The number of amides is 1. The molecule has 1 unspecified atom stereocenters. The van der Waals surface area contributed by atoms with Crippen LogP contribution in [-0.2, 0) is 4.74 Å². The van der Waals surface area contributed by atoms with Crippen molar-refractivity contribution in [3.63, 3.8) is 0 Å². The number of benzene rings is 2. The fourth-order valence-corrected chi connectivity index (χ4v) is 3.80. The summed E-state index contributed by atoms with van der Waals surface area (Å²) in [6, 6.07) is 7.19. The van der Waals surface area contributed by atoms with Crippen molar-refractivity contribution in [1.29, 1.82) is 0 Å². The lowest BCUT2D eigenvalue weighted by atomic mass is 10.0. The quantitative estimate of drug-likeness (QED) is 0.671. The van der Waals surface area contributed by atoms with E-state index in [1.54, 1.807) is 12.1 Å². The Morgan fingerprint density at radius 2 is 1.82 bits per heavy atom. The van der Waals surface area contributed by atoms with Gasteiger partial charge in [-0.05, 0) is 23.8 Å². The van der Waals surface area contributed by atoms with Crippen molar-refractivity contribution in [3.05, 3.63) is 62.3 Å². The van der Waals surface area contributed by atoms with Gasteiger partial charge in [-0.2, -0.15) is 0 Å². The van der Waals surface area contributed by atoms with E-state index < -0.39 is 11.7 Å². The molecule has 1 amide bonds. The van der Waals surface area contributed by atoms with E-state index in [0.29, 0.717) is 26.3 Å². The summed E-state index contributed by atoms with van der Waals surface area (Å²) >= 11 is 17.9. The van der Waals surface area contributed by atoms with Crippen LogP contribution in [0.4, 0.5) is 4.39 Å². The first kappa shape index (κ1) is 21.1. The number of phenolic OH excluding ortho intramolecular Hbond substituents is 1. The van der Waals surface area contributed by atoms with E-state index in [-0.39, 0.29) is 39.0 Å². The molecule has 0 aliphatic carbocycles. The maximum absolute atomic E-state index is 13.3. The van der Waals surface area contributed by atoms with Gasteiger partial charge in [0, 0.05) is 19.6 Å². The molecule has 1 aliphatic heterocycles. The third-order valence-corrected chi connectivity index (χ3v) is 5.65. The van der Waals surface area contributed by atoms with Gasteiger partial charge in [-0.15, -0.1) is 0 Å². The van der Waals surface area contributed by atoms with Gasteiger partial charge >= 0.3 is 0 Å². The highest BCUT2D eigenvalue weighted by Crippen LogP contribution is 2.38. The molecule has 1 atom stereocenters. The predicted molar refractivity (Wildman–Crippen MR) is 107 cm³/mol. The molecule has 1 heterocycles. The molecule has 150 valence electrons. The fourth-order valence-electron chi connectivity index (χ4n) is 3.10. The minimum Gasteiger partial charge on any atom is -0.505 e. The number of phenols is 1. The summed E-state index contributed by atoms with van der Waals surface area (Å²) in [5, 5.41) is 12.8. The van der Waals surface area contributed by atoms with Gasteiger partial charge in [0.25, 0.3) is 5.91 Å². The van der Waals surface area contributed by atoms with Crippen molar-refractivity contribution < 1.29 is 19.0 Å². The standard InChI is InChI=1S/C19H18Cl3FN2O3/c20-13-9-14(21)18(26)16(17(13)22)19(27)24-10-15(25-5-7-28-8-6-25)11-1-3-12(23)4-2-11/h1-4,9,15,26H,5-8,10H2,(H,24,27). The lowest BCUT2D eigenvalue weighted by molar-refractivity contribution is 0.0162. The van der Waals surface area contributed by atoms with E-state index in [4.69, 9.17) is 39.5 Å². The Kier molecular flexibility index (Phi) is 7.01. The number of morpholine rings is 1. The van der Waals surface area contributed by atoms with E-state index in [1.165, 1.54) is 18.2 Å². The average molecular weight is 448 g/mol. The first-order valence-electron chi connectivity index (χ1n) is 8.60. The second kappa shape index (κ2) is 9.29. The molecule has 0 bridgehead atoms. The summed E-state index contributed by atoms with van der Waals surface area (Å²) in [6.07, 6.45) is 0. The normalized spacial score (nSPS) is 16.0. The Balaban J connectivity index is 1.82. The molecular weight excluding hydrogens is 430 g/mol. The van der Waals surface area contributed by atoms with Crippen LogP contribution in [0.5, 0.6) is 5.75 Å². The molecule has 9 heteroatoms. The lowest BCUT2D eigenvalue weighted by Gasteiger charge is -2.35. The molecule has 5 nitrogen and oxygen atoms in total. The van der Waals surface area contributed by atoms with Crippen molar-refractivity contribution in [2.24, 2.45) is 0 Å². The van der Waals surface area contributed by atoms with E-state index >= 15 is 0 Å². The van der Waals surface area contributed by atoms with Crippen molar-refractivity contribution in [1.82, 2.24) is 10.2 Å². The van der Waals surface area contributed by atoms with E-state index in [2.05, 4.69) is 10.2 Å². The van der Waals surface area contributed by atoms with Crippen molar-refractivity contribution in [2.45, 2.75) is 6.04 Å². The minimum atomic E-state index is -0.604. The molecule has 0 radical (unpaired) electrons. The fraction of sp³-hybridized carbons (Fsp3) is 0.316. The zero-order chi connectivity index (χ0) is 20.3. The second-order valence-electron chi connectivity index (χ2n) is 6.30. The van der Waals surface area contributed by atoms with Crippen LogP contribution in [-0.4, -0.2) is 48.8 Å². The number of nitrogens with one attached hydrogen (secondary N) is 1. The molecule has 1 saturated heterocycles. The smallest absolute Gasteiger partial charge is 0.256 e. The Labute approximate surface area is 176 Å². The highest BCUT2D eigenvalue weighted by molar-refractivity contribution is 6.45. The molecule has 2 N–H and O–H groups in total. The zero-order valence-electron chi connectivity index (χ0n) is 14.7. The molecule has 1 fully saturated rings. The summed E-state index contributed by atoms with van der Waals surface area (Å²) in [6.45, 7) is 2.70. The Morgan fingerprint density at radius 1 is 1.18 bits per heavy atom. The van der Waals surface area contributed by atoms with Gasteiger partial charge in [0.1, 0.15) is 17.1 Å². The van der Waals surface area contributed by atoms with Crippen LogP contribution in [0.2, 0.25) is 15.1 Å². The number of carbonyl (C=O) groups excluding carboxylic acids is 1. The molecule has 2 aromatic carbocycles. The number of hydrogen-bond acceptors (Lipinski definition) is 4. The van der Waals surface area contributed by atoms with Gasteiger partial charge in [-0.1, -0.05) is 46.9 Å². The van der Waals surface area contributed by atoms with Gasteiger partial charge in [0.2, 0.25) is 0 Å². The van der Waals surface area contributed by atoms with Crippen LogP contribution in [0.3, 0.4) is 0 Å². The molecular formula is C19H18Cl3FN2O3. The molecule has 28 heavy (non-hydrogen) atoms. The number of aromatic hydroxyl groups is 1. The summed E-state index contributed by atoms with van der Waals surface area (Å²) in [7, 11) is 0. The molecule has 0 aromatic heterocycles. The summed E-state index contributed by atoms with van der Waals surface area (Å²) in [5.74, 6) is -1.37. The number of carbonyl (C=O) groups is 1. The number of hydrogen-bond donors (Lipinski definition) is 2. The van der Waals surface area contributed by atoms with Gasteiger partial charge in [0.15, 0.2) is 0 Å². The van der Waals surface area contributed by atoms with Crippen LogP contribution < -0.4 is 5.32 Å². The largest absolute Gasteiger partial charge is 0.505 e. The molecule has 1 aliphatic rings. The SMILES string of the molecule is O=C(NCC(c1ccc(F)cc1)N1CCOCC1)c1c(O)c(Cl)cc(Cl)c1Cl. The number of halogens is 4. The average Bonchev–Trinajstić information content (AvgIpc) is 2.69. The van der Waals surface area contributed by atoms with Crippen LogP contribution >= 0.6 is 34.8 Å².